The Bertz CT molecular complexity index is 295. The van der Waals surface area contributed by atoms with Crippen molar-refractivity contribution in [2.75, 3.05) is 7.05 Å². The third kappa shape index (κ3) is 3.56. The summed E-state index contributed by atoms with van der Waals surface area (Å²) in [7, 11) is -5.31. The van der Waals surface area contributed by atoms with Gasteiger partial charge in [0.2, 0.25) is 0 Å². The predicted octanol–water partition coefficient (Wildman–Crippen LogP) is -0.164. The summed E-state index contributed by atoms with van der Waals surface area (Å²) in [4.78, 5) is 0. The molecule has 0 spiro atoms. The van der Waals surface area contributed by atoms with Crippen LogP contribution in [-0.2, 0) is 25.7 Å². The average Bonchev–Trinajstić information content (AvgIpc) is 1.83. The van der Waals surface area contributed by atoms with Crippen molar-refractivity contribution in [1.29, 1.82) is 0 Å². The molecule has 80 valence electrons. The van der Waals surface area contributed by atoms with E-state index in [9.17, 15) is 25.8 Å². The fraction of sp³-hybridized carbons (Fsp3) is 1.00. The first-order chi connectivity index (χ1) is 5.58. The van der Waals surface area contributed by atoms with Crippen LogP contribution in [0.1, 0.15) is 0 Å². The van der Waals surface area contributed by atoms with Gasteiger partial charge in [-0.2, -0.15) is 25.9 Å². The molecule has 0 saturated carbocycles. The Morgan fingerprint density at radius 2 is 1.85 bits per heavy atom. The Labute approximate surface area is 73.8 Å². The first-order valence-electron chi connectivity index (χ1n) is 2.43. The second-order valence-corrected chi connectivity index (χ2v) is 4.14. The van der Waals surface area contributed by atoms with Gasteiger partial charge < -0.3 is 0 Å². The van der Waals surface area contributed by atoms with Gasteiger partial charge in [0.25, 0.3) is 11.3 Å². The van der Waals surface area contributed by atoms with E-state index in [0.29, 0.717) is 7.05 Å². The molecule has 1 atom stereocenters. The monoisotopic (exact) mass is 243 g/mol. The largest absolute Gasteiger partial charge is 0.524 e. The Hall–Kier alpha value is -0.230. The fourth-order valence-electron chi connectivity index (χ4n) is 0.206. The molecule has 0 saturated heterocycles. The molecule has 1 N–H and O–H groups in total. The lowest BCUT2D eigenvalue weighted by Crippen LogP contribution is -2.33. The van der Waals surface area contributed by atoms with Gasteiger partial charge in [-0.05, 0) is 0 Å². The van der Waals surface area contributed by atoms with E-state index in [1.54, 1.807) is 0 Å². The third-order valence-corrected chi connectivity index (χ3v) is 2.30. The summed E-state index contributed by atoms with van der Waals surface area (Å²) in [6.45, 7) is 0. The maximum atomic E-state index is 11.5. The summed E-state index contributed by atoms with van der Waals surface area (Å²) in [6.07, 6.45) is 0. The molecule has 11 heteroatoms. The van der Waals surface area contributed by atoms with E-state index in [1.165, 1.54) is 0 Å². The Morgan fingerprint density at radius 3 is 2.08 bits per heavy atom. The zero-order chi connectivity index (χ0) is 10.9. The molecule has 0 aliphatic carbocycles. The number of alkyl halides is 3. The molecule has 0 amide bonds. The molecule has 0 aliphatic rings. The molecule has 13 heavy (non-hydrogen) atoms. The maximum Gasteiger partial charge on any atom is 0.524 e. The van der Waals surface area contributed by atoms with Crippen molar-refractivity contribution >= 4 is 21.4 Å². The van der Waals surface area contributed by atoms with Gasteiger partial charge in [-0.3, -0.25) is 4.55 Å². The highest BCUT2D eigenvalue weighted by Gasteiger charge is 2.49. The van der Waals surface area contributed by atoms with Crippen molar-refractivity contribution < 1.29 is 34.6 Å². The minimum atomic E-state index is -5.87. The second kappa shape index (κ2) is 3.88. The van der Waals surface area contributed by atoms with Gasteiger partial charge in [-0.1, -0.05) is 4.47 Å². The van der Waals surface area contributed by atoms with Crippen molar-refractivity contribution in [1.82, 2.24) is 4.47 Å². The van der Waals surface area contributed by atoms with Gasteiger partial charge in [-0.15, -0.1) is 0 Å². The molecule has 1 unspecified atom stereocenters. The van der Waals surface area contributed by atoms with Crippen LogP contribution in [0.2, 0.25) is 0 Å². The minimum Gasteiger partial charge on any atom is -0.292 e. The predicted molar refractivity (Wildman–Crippen MR) is 34.6 cm³/mol. The Kier molecular flexibility index (Phi) is 3.81. The van der Waals surface area contributed by atoms with Gasteiger partial charge in [0.05, 0.1) is 0 Å². The summed E-state index contributed by atoms with van der Waals surface area (Å²) in [6, 6.07) is 0. The van der Waals surface area contributed by atoms with Crippen LogP contribution in [0.3, 0.4) is 0 Å². The third-order valence-electron chi connectivity index (χ3n) is 0.707. The highest BCUT2D eigenvalue weighted by molar-refractivity contribution is 7.88. The molecule has 0 aliphatic heterocycles. The first-order valence-corrected chi connectivity index (χ1v) is 4.90. The molecule has 0 radical (unpaired) electrons. The molecule has 0 aromatic carbocycles. The lowest BCUT2D eigenvalue weighted by Gasteiger charge is -2.12. The van der Waals surface area contributed by atoms with Crippen molar-refractivity contribution in [2.45, 2.75) is 5.51 Å². The maximum absolute atomic E-state index is 11.5. The quantitative estimate of drug-likeness (QED) is 0.423. The molecule has 6 nitrogen and oxygen atoms in total. The van der Waals surface area contributed by atoms with Crippen LogP contribution in [0.25, 0.3) is 0 Å². The molecular weight excluding hydrogens is 239 g/mol. The van der Waals surface area contributed by atoms with E-state index in [2.05, 4.69) is 4.28 Å². The zero-order valence-electron chi connectivity index (χ0n) is 5.98. The molecule has 0 rings (SSSR count). The molecule has 0 aromatic heterocycles. The van der Waals surface area contributed by atoms with Crippen LogP contribution in [0, 0.1) is 0 Å². The van der Waals surface area contributed by atoms with Crippen molar-refractivity contribution in [2.24, 2.45) is 0 Å². The summed E-state index contributed by atoms with van der Waals surface area (Å²) >= 11 is -2.96. The molecule has 0 aromatic rings. The summed E-state index contributed by atoms with van der Waals surface area (Å²) in [5, 5.41) is 0. The normalized spacial score (nSPS) is 16.2. The number of rotatable bonds is 3. The first kappa shape index (κ1) is 12.8. The number of hydrogen-bond donors (Lipinski definition) is 1. The van der Waals surface area contributed by atoms with Gasteiger partial charge in [0, 0.05) is 7.05 Å². The van der Waals surface area contributed by atoms with E-state index >= 15 is 0 Å². The van der Waals surface area contributed by atoms with Gasteiger partial charge >= 0.3 is 15.6 Å². The number of hydroxylamine groups is 1. The SMILES string of the molecule is CN(OS(=O)(=O)C(F)(F)F)S(=O)O. The van der Waals surface area contributed by atoms with E-state index in [1.807, 2.05) is 0 Å². The lowest BCUT2D eigenvalue weighted by atomic mass is 11.5. The van der Waals surface area contributed by atoms with Gasteiger partial charge in [-0.25, -0.2) is 4.21 Å². The van der Waals surface area contributed by atoms with Gasteiger partial charge in [0.1, 0.15) is 0 Å². The fourth-order valence-corrected chi connectivity index (χ4v) is 1.02. The second-order valence-electron chi connectivity index (χ2n) is 1.64. The van der Waals surface area contributed by atoms with Crippen LogP contribution < -0.4 is 0 Å². The van der Waals surface area contributed by atoms with E-state index in [4.69, 9.17) is 4.55 Å². The topological polar surface area (TPSA) is 83.9 Å². The number of halogens is 3. The molecule has 0 heterocycles. The van der Waals surface area contributed by atoms with Crippen molar-refractivity contribution in [3.8, 4) is 0 Å². The molecular formula is C2H4F3NO5S2. The molecule has 0 bridgehead atoms. The number of hydrogen-bond acceptors (Lipinski definition) is 4. The van der Waals surface area contributed by atoms with E-state index in [0.717, 1.165) is 0 Å². The number of nitrogens with zero attached hydrogens (tertiary/aromatic N) is 1. The summed E-state index contributed by atoms with van der Waals surface area (Å²) < 4.78 is 75.8. The summed E-state index contributed by atoms with van der Waals surface area (Å²) in [5.74, 6) is 0. The van der Waals surface area contributed by atoms with E-state index < -0.39 is 26.9 Å². The van der Waals surface area contributed by atoms with Crippen LogP contribution >= 0.6 is 0 Å². The van der Waals surface area contributed by atoms with Crippen molar-refractivity contribution in [3.63, 3.8) is 0 Å². The van der Waals surface area contributed by atoms with Crippen LogP contribution in [-0.4, -0.2) is 34.2 Å². The standard InChI is InChI=1S/C2H4F3NO5S2/c1-6(12(7)8)11-13(9,10)2(3,4)5/h1H3,(H,7,8). The van der Waals surface area contributed by atoms with Crippen LogP contribution in [0.4, 0.5) is 13.2 Å². The van der Waals surface area contributed by atoms with Crippen molar-refractivity contribution in [3.05, 3.63) is 0 Å². The van der Waals surface area contributed by atoms with Crippen LogP contribution in [0.5, 0.6) is 0 Å². The minimum absolute atomic E-state index is 0.358. The lowest BCUT2D eigenvalue weighted by molar-refractivity contribution is -0.0689. The highest BCUT2D eigenvalue weighted by Crippen LogP contribution is 2.25. The highest BCUT2D eigenvalue weighted by atomic mass is 32.2. The Balaban J connectivity index is 4.64. The average molecular weight is 243 g/mol. The zero-order valence-corrected chi connectivity index (χ0v) is 7.61. The van der Waals surface area contributed by atoms with Crippen LogP contribution in [0.15, 0.2) is 0 Å². The summed E-state index contributed by atoms with van der Waals surface area (Å²) in [5.41, 5.74) is -5.62. The van der Waals surface area contributed by atoms with E-state index in [-0.39, 0.29) is 4.47 Å². The molecule has 0 fully saturated rings. The smallest absolute Gasteiger partial charge is 0.292 e. The Morgan fingerprint density at radius 1 is 1.46 bits per heavy atom. The van der Waals surface area contributed by atoms with Gasteiger partial charge in [0.15, 0.2) is 0 Å².